The van der Waals surface area contributed by atoms with Crippen LogP contribution in [0.2, 0.25) is 0 Å². The molecule has 0 unspecified atom stereocenters. The van der Waals surface area contributed by atoms with Crippen molar-refractivity contribution < 1.29 is 9.59 Å². The van der Waals surface area contributed by atoms with Gasteiger partial charge in [-0.1, -0.05) is 6.92 Å². The van der Waals surface area contributed by atoms with Crippen molar-refractivity contribution >= 4 is 28.4 Å². The first-order chi connectivity index (χ1) is 10.6. The topological polar surface area (TPSA) is 111 Å². The van der Waals surface area contributed by atoms with Crippen molar-refractivity contribution in [2.75, 3.05) is 5.32 Å². The fourth-order valence-corrected chi connectivity index (χ4v) is 1.81. The van der Waals surface area contributed by atoms with Crippen LogP contribution in [0.15, 0.2) is 36.2 Å². The molecule has 2 rings (SSSR count). The number of aromatic amines is 1. The van der Waals surface area contributed by atoms with Gasteiger partial charge in [-0.3, -0.25) is 20.0 Å². The highest BCUT2D eigenvalue weighted by Crippen LogP contribution is 2.16. The molecule has 0 spiro atoms. The highest BCUT2D eigenvalue weighted by molar-refractivity contribution is 6.06. The van der Waals surface area contributed by atoms with Gasteiger partial charge < -0.3 is 5.32 Å². The van der Waals surface area contributed by atoms with Crippen LogP contribution >= 0.6 is 0 Å². The van der Waals surface area contributed by atoms with Gasteiger partial charge in [0, 0.05) is 23.7 Å². The van der Waals surface area contributed by atoms with Crippen LogP contribution in [-0.2, 0) is 9.59 Å². The van der Waals surface area contributed by atoms with Gasteiger partial charge in [-0.25, -0.2) is 0 Å². The number of nitriles is 1. The first-order valence-corrected chi connectivity index (χ1v) is 6.78. The van der Waals surface area contributed by atoms with Gasteiger partial charge in [0.1, 0.15) is 11.6 Å². The molecule has 3 N–H and O–H groups in total. The van der Waals surface area contributed by atoms with Gasteiger partial charge >= 0.3 is 0 Å². The molecule has 0 saturated heterocycles. The summed E-state index contributed by atoms with van der Waals surface area (Å²) in [6, 6.07) is 7.21. The van der Waals surface area contributed by atoms with E-state index in [0.717, 1.165) is 10.9 Å². The van der Waals surface area contributed by atoms with Crippen LogP contribution in [0.5, 0.6) is 0 Å². The molecule has 0 aliphatic carbocycles. The number of benzene rings is 1. The van der Waals surface area contributed by atoms with Gasteiger partial charge in [0.25, 0.3) is 5.91 Å². The Morgan fingerprint density at radius 2 is 2.27 bits per heavy atom. The second-order valence-corrected chi connectivity index (χ2v) is 4.61. The van der Waals surface area contributed by atoms with Crippen molar-refractivity contribution in [3.63, 3.8) is 0 Å². The third-order valence-corrected chi connectivity index (χ3v) is 2.92. The number of aromatic nitrogens is 2. The monoisotopic (exact) mass is 297 g/mol. The lowest BCUT2D eigenvalue weighted by molar-refractivity contribution is -0.128. The Labute approximate surface area is 127 Å². The predicted octanol–water partition coefficient (Wildman–Crippen LogP) is 1.83. The average Bonchev–Trinajstić information content (AvgIpc) is 2.95. The fraction of sp³-hybridized carbons (Fsp3) is 0.200. The Morgan fingerprint density at radius 1 is 1.45 bits per heavy atom. The number of anilines is 1. The molecule has 0 atom stereocenters. The molecule has 7 heteroatoms. The summed E-state index contributed by atoms with van der Waals surface area (Å²) in [5, 5.41) is 21.7. The molecule has 1 aromatic heterocycles. The first-order valence-electron chi connectivity index (χ1n) is 6.78. The molecule has 1 aromatic carbocycles. The van der Waals surface area contributed by atoms with Gasteiger partial charge in [-0.05, 0) is 24.6 Å². The van der Waals surface area contributed by atoms with Gasteiger partial charge in [-0.15, -0.1) is 0 Å². The number of nitrogens with one attached hydrogen (secondary N) is 3. The molecular weight excluding hydrogens is 282 g/mol. The number of rotatable bonds is 5. The van der Waals surface area contributed by atoms with Gasteiger partial charge in [0.05, 0.1) is 11.7 Å². The SMILES string of the molecule is CCCC(=O)NC(=O)C(C#N)=CNc1ccc2cn[nH]c2c1. The third kappa shape index (κ3) is 3.70. The lowest BCUT2D eigenvalue weighted by Gasteiger charge is -2.04. The van der Waals surface area contributed by atoms with Gasteiger partial charge in [0.15, 0.2) is 0 Å². The average molecular weight is 297 g/mol. The lowest BCUT2D eigenvalue weighted by Crippen LogP contribution is -2.31. The maximum atomic E-state index is 11.8. The number of nitrogens with zero attached hydrogens (tertiary/aromatic N) is 2. The maximum absolute atomic E-state index is 11.8. The smallest absolute Gasteiger partial charge is 0.269 e. The van der Waals surface area contributed by atoms with Crippen LogP contribution in [0.25, 0.3) is 10.9 Å². The van der Waals surface area contributed by atoms with Crippen LogP contribution in [0.1, 0.15) is 19.8 Å². The Kier molecular flexibility index (Phi) is 4.88. The second-order valence-electron chi connectivity index (χ2n) is 4.61. The number of H-pyrrole nitrogens is 1. The van der Waals surface area contributed by atoms with Crippen LogP contribution in [0.3, 0.4) is 0 Å². The van der Waals surface area contributed by atoms with E-state index in [0.29, 0.717) is 12.1 Å². The molecule has 22 heavy (non-hydrogen) atoms. The van der Waals surface area contributed by atoms with Crippen molar-refractivity contribution in [3.8, 4) is 6.07 Å². The Morgan fingerprint density at radius 3 is 3.00 bits per heavy atom. The minimum absolute atomic E-state index is 0.172. The van der Waals surface area contributed by atoms with Gasteiger partial charge in [0.2, 0.25) is 5.91 Å². The number of carbonyl (C=O) groups is 2. The zero-order chi connectivity index (χ0) is 15.9. The van der Waals surface area contributed by atoms with Crippen LogP contribution in [0, 0.1) is 11.3 Å². The van der Waals surface area contributed by atoms with Crippen molar-refractivity contribution in [1.82, 2.24) is 15.5 Å². The van der Waals surface area contributed by atoms with Crippen molar-refractivity contribution in [2.24, 2.45) is 0 Å². The Balaban J connectivity index is 2.07. The second kappa shape index (κ2) is 7.04. The Bertz CT molecular complexity index is 770. The molecule has 112 valence electrons. The zero-order valence-corrected chi connectivity index (χ0v) is 12.0. The number of amides is 2. The maximum Gasteiger partial charge on any atom is 0.269 e. The molecule has 0 aliphatic heterocycles. The predicted molar refractivity (Wildman–Crippen MR) is 81.5 cm³/mol. The van der Waals surface area contributed by atoms with Crippen molar-refractivity contribution in [3.05, 3.63) is 36.2 Å². The molecule has 0 saturated carbocycles. The molecule has 1 heterocycles. The molecule has 7 nitrogen and oxygen atoms in total. The van der Waals surface area contributed by atoms with Crippen molar-refractivity contribution in [1.29, 1.82) is 5.26 Å². The summed E-state index contributed by atoms with van der Waals surface area (Å²) in [6.07, 6.45) is 3.84. The molecule has 2 aromatic rings. The summed E-state index contributed by atoms with van der Waals surface area (Å²) in [7, 11) is 0. The third-order valence-electron chi connectivity index (χ3n) is 2.92. The lowest BCUT2D eigenvalue weighted by atomic mass is 10.2. The molecule has 0 fully saturated rings. The largest absolute Gasteiger partial charge is 0.360 e. The van der Waals surface area contributed by atoms with Crippen LogP contribution < -0.4 is 10.6 Å². The fourth-order valence-electron chi connectivity index (χ4n) is 1.81. The quantitative estimate of drug-likeness (QED) is 0.576. The summed E-state index contributed by atoms with van der Waals surface area (Å²) in [5.74, 6) is -1.11. The minimum atomic E-state index is -0.712. The molecule has 0 aliphatic rings. The van der Waals surface area contributed by atoms with Crippen molar-refractivity contribution in [2.45, 2.75) is 19.8 Å². The van der Waals surface area contributed by atoms with E-state index in [1.807, 2.05) is 13.0 Å². The van der Waals surface area contributed by atoms with Crippen LogP contribution in [-0.4, -0.2) is 22.0 Å². The zero-order valence-electron chi connectivity index (χ0n) is 12.0. The molecule has 0 bridgehead atoms. The minimum Gasteiger partial charge on any atom is -0.360 e. The molecule has 2 amide bonds. The highest BCUT2D eigenvalue weighted by Gasteiger charge is 2.12. The standard InChI is InChI=1S/C15H15N5O2/c1-2-3-14(21)19-15(22)11(7-16)8-17-12-5-4-10-9-18-20-13(10)6-12/h4-6,8-9,17H,2-3H2,1H3,(H,18,20)(H,19,21,22). The number of carbonyl (C=O) groups excluding carboxylic acids is 2. The molecular formula is C15H15N5O2. The summed E-state index contributed by atoms with van der Waals surface area (Å²) in [6.45, 7) is 1.83. The van der Waals surface area contributed by atoms with E-state index >= 15 is 0 Å². The van der Waals surface area contributed by atoms with E-state index in [-0.39, 0.29) is 12.0 Å². The highest BCUT2D eigenvalue weighted by atomic mass is 16.2. The van der Waals surface area contributed by atoms with E-state index in [2.05, 4.69) is 20.8 Å². The Hall–Kier alpha value is -3.14. The van der Waals surface area contributed by atoms with Gasteiger partial charge in [-0.2, -0.15) is 10.4 Å². The summed E-state index contributed by atoms with van der Waals surface area (Å²) in [4.78, 5) is 23.1. The summed E-state index contributed by atoms with van der Waals surface area (Å²) in [5.41, 5.74) is 1.35. The number of hydrogen-bond donors (Lipinski definition) is 3. The van der Waals surface area contributed by atoms with E-state index in [4.69, 9.17) is 5.26 Å². The van der Waals surface area contributed by atoms with E-state index in [1.54, 1.807) is 24.4 Å². The van der Waals surface area contributed by atoms with E-state index < -0.39 is 11.8 Å². The summed E-state index contributed by atoms with van der Waals surface area (Å²) < 4.78 is 0. The number of imide groups is 1. The number of hydrogen-bond acceptors (Lipinski definition) is 5. The van der Waals surface area contributed by atoms with E-state index in [1.165, 1.54) is 6.20 Å². The van der Waals surface area contributed by atoms with E-state index in [9.17, 15) is 9.59 Å². The van der Waals surface area contributed by atoms with Crippen LogP contribution in [0.4, 0.5) is 5.69 Å². The first kappa shape index (κ1) is 15.3. The normalized spacial score (nSPS) is 11.0. The summed E-state index contributed by atoms with van der Waals surface area (Å²) >= 11 is 0. The number of fused-ring (bicyclic) bond motifs is 1. The molecule has 0 radical (unpaired) electrons.